The van der Waals surface area contributed by atoms with Crippen molar-refractivity contribution in [3.8, 4) is 0 Å². The molecule has 1 fully saturated rings. The van der Waals surface area contributed by atoms with Crippen molar-refractivity contribution in [3.63, 3.8) is 0 Å². The van der Waals surface area contributed by atoms with Crippen molar-refractivity contribution in [3.05, 3.63) is 0 Å². The Labute approximate surface area is 49.7 Å². The van der Waals surface area contributed by atoms with Gasteiger partial charge in [0.25, 0.3) is 0 Å². The number of carbonyl (C=O) groups excluding carboxylic acids is 1. The van der Waals surface area contributed by atoms with Crippen LogP contribution in [0.25, 0.3) is 0 Å². The van der Waals surface area contributed by atoms with Gasteiger partial charge in [-0.05, 0) is 0 Å². The molecule has 1 aliphatic rings. The summed E-state index contributed by atoms with van der Waals surface area (Å²) >= 11 is 0. The van der Waals surface area contributed by atoms with Gasteiger partial charge in [-0.25, -0.2) is 4.79 Å². The summed E-state index contributed by atoms with van der Waals surface area (Å²) < 4.78 is 0.597. The van der Waals surface area contributed by atoms with Crippen molar-refractivity contribution in [2.45, 2.75) is 12.8 Å². The third kappa shape index (κ3) is 0.757. The normalized spacial score (nSPS) is 26.5. The Hall–Kier alpha value is -0.370. The highest BCUT2D eigenvalue weighted by molar-refractivity contribution is 5.70. The lowest BCUT2D eigenvalue weighted by Crippen LogP contribution is -2.40. The molecule has 0 aromatic heterocycles. The number of carbonyl (C=O) groups is 1. The Balaban J connectivity index is 2.68. The Kier molecular flexibility index (Phi) is 1.12. The zero-order chi connectivity index (χ0) is 6.20. The Morgan fingerprint density at radius 1 is 1.50 bits per heavy atom. The van der Waals surface area contributed by atoms with Crippen LogP contribution in [0.4, 0.5) is 0 Å². The van der Waals surface area contributed by atoms with Gasteiger partial charge in [0, 0.05) is 6.42 Å². The fourth-order valence-electron chi connectivity index (χ4n) is 1.05. The first-order chi connectivity index (χ1) is 3.63. The zero-order valence-electron chi connectivity index (χ0n) is 5.48. The third-order valence-corrected chi connectivity index (χ3v) is 1.78. The SMILES string of the molecule is C[N+]1(C)CCCC1=O. The molecule has 0 aromatic carbocycles. The van der Waals surface area contributed by atoms with Gasteiger partial charge in [0.15, 0.2) is 0 Å². The molecule has 0 aromatic rings. The second-order valence-electron chi connectivity index (χ2n) is 2.91. The average Bonchev–Trinajstić information content (AvgIpc) is 1.86. The number of likely N-dealkylation sites (tertiary alicyclic amines) is 1. The Bertz CT molecular complexity index is 118. The molecule has 0 aliphatic carbocycles. The molecule has 0 N–H and O–H groups in total. The number of amides is 1. The summed E-state index contributed by atoms with van der Waals surface area (Å²) in [7, 11) is 3.94. The van der Waals surface area contributed by atoms with Gasteiger partial charge >= 0.3 is 5.91 Å². The highest BCUT2D eigenvalue weighted by atomic mass is 16.2. The van der Waals surface area contributed by atoms with Crippen molar-refractivity contribution in [2.24, 2.45) is 0 Å². The molecule has 0 atom stereocenters. The summed E-state index contributed by atoms with van der Waals surface area (Å²) in [6.07, 6.45) is 1.86. The molecule has 1 rings (SSSR count). The van der Waals surface area contributed by atoms with Gasteiger partial charge in [0.2, 0.25) is 0 Å². The summed E-state index contributed by atoms with van der Waals surface area (Å²) in [4.78, 5) is 10.9. The van der Waals surface area contributed by atoms with Crippen molar-refractivity contribution in [1.82, 2.24) is 0 Å². The van der Waals surface area contributed by atoms with Gasteiger partial charge in [-0.3, -0.25) is 4.48 Å². The van der Waals surface area contributed by atoms with Gasteiger partial charge < -0.3 is 0 Å². The summed E-state index contributed by atoms with van der Waals surface area (Å²) in [5.41, 5.74) is 0. The van der Waals surface area contributed by atoms with Crippen molar-refractivity contribution in [1.29, 1.82) is 0 Å². The molecule has 2 heteroatoms. The summed E-state index contributed by atoms with van der Waals surface area (Å²) in [6, 6.07) is 0. The van der Waals surface area contributed by atoms with E-state index < -0.39 is 0 Å². The van der Waals surface area contributed by atoms with Crippen LogP contribution in [0, 0.1) is 0 Å². The molecular weight excluding hydrogens is 102 g/mol. The zero-order valence-corrected chi connectivity index (χ0v) is 5.48. The molecule has 8 heavy (non-hydrogen) atoms. The van der Waals surface area contributed by atoms with Crippen molar-refractivity contribution in [2.75, 3.05) is 20.6 Å². The smallest absolute Gasteiger partial charge is 0.265 e. The number of nitrogens with zero attached hydrogens (tertiary/aromatic N) is 1. The molecule has 1 aliphatic heterocycles. The molecule has 46 valence electrons. The van der Waals surface area contributed by atoms with Crippen LogP contribution in [-0.4, -0.2) is 31.0 Å². The quantitative estimate of drug-likeness (QED) is 0.416. The molecule has 1 amide bonds. The van der Waals surface area contributed by atoms with E-state index in [0.717, 1.165) is 19.4 Å². The van der Waals surface area contributed by atoms with E-state index in [4.69, 9.17) is 0 Å². The van der Waals surface area contributed by atoms with Crippen LogP contribution in [0.1, 0.15) is 12.8 Å². The Morgan fingerprint density at radius 2 is 2.12 bits per heavy atom. The van der Waals surface area contributed by atoms with Gasteiger partial charge in [0.1, 0.15) is 0 Å². The van der Waals surface area contributed by atoms with E-state index in [1.54, 1.807) is 0 Å². The first-order valence-corrected chi connectivity index (χ1v) is 2.99. The lowest BCUT2D eigenvalue weighted by atomic mass is 10.4. The lowest BCUT2D eigenvalue weighted by molar-refractivity contribution is -0.804. The van der Waals surface area contributed by atoms with E-state index in [2.05, 4.69) is 0 Å². The van der Waals surface area contributed by atoms with Gasteiger partial charge in [0.05, 0.1) is 27.1 Å². The van der Waals surface area contributed by atoms with E-state index in [9.17, 15) is 4.79 Å². The highest BCUT2D eigenvalue weighted by Gasteiger charge is 2.31. The first-order valence-electron chi connectivity index (χ1n) is 2.99. The van der Waals surface area contributed by atoms with Crippen LogP contribution in [0.15, 0.2) is 0 Å². The maximum absolute atomic E-state index is 10.9. The molecule has 0 radical (unpaired) electrons. The standard InChI is InChI=1S/C6H12NO/c1-7(2)5-3-4-6(7)8/h3-5H2,1-2H3/q+1. The van der Waals surface area contributed by atoms with Gasteiger partial charge in [-0.1, -0.05) is 0 Å². The minimum absolute atomic E-state index is 0.380. The van der Waals surface area contributed by atoms with Crippen LogP contribution >= 0.6 is 0 Å². The minimum atomic E-state index is 0.380. The molecule has 1 saturated heterocycles. The van der Waals surface area contributed by atoms with Crippen LogP contribution in [-0.2, 0) is 4.79 Å². The highest BCUT2D eigenvalue weighted by Crippen LogP contribution is 2.13. The number of quaternary nitrogens is 1. The molecule has 0 saturated carbocycles. The lowest BCUT2D eigenvalue weighted by Gasteiger charge is -2.18. The number of rotatable bonds is 0. The van der Waals surface area contributed by atoms with Crippen LogP contribution in [0.5, 0.6) is 0 Å². The maximum Gasteiger partial charge on any atom is 0.313 e. The van der Waals surface area contributed by atoms with E-state index in [0.29, 0.717) is 10.4 Å². The Morgan fingerprint density at radius 3 is 2.25 bits per heavy atom. The van der Waals surface area contributed by atoms with E-state index in [1.165, 1.54) is 0 Å². The van der Waals surface area contributed by atoms with E-state index in [1.807, 2.05) is 14.1 Å². The molecule has 0 bridgehead atoms. The fraction of sp³-hybridized carbons (Fsp3) is 0.833. The second kappa shape index (κ2) is 1.55. The van der Waals surface area contributed by atoms with Gasteiger partial charge in [-0.2, -0.15) is 0 Å². The topological polar surface area (TPSA) is 17.1 Å². The monoisotopic (exact) mass is 114 g/mol. The molecular formula is C6H12NO+. The third-order valence-electron chi connectivity index (χ3n) is 1.78. The predicted molar refractivity (Wildman–Crippen MR) is 31.2 cm³/mol. The van der Waals surface area contributed by atoms with Crippen LogP contribution < -0.4 is 0 Å². The van der Waals surface area contributed by atoms with E-state index >= 15 is 0 Å². The largest absolute Gasteiger partial charge is 0.313 e. The van der Waals surface area contributed by atoms with Gasteiger partial charge in [-0.15, -0.1) is 0 Å². The summed E-state index contributed by atoms with van der Waals surface area (Å²) in [5, 5.41) is 0. The van der Waals surface area contributed by atoms with Crippen LogP contribution in [0.2, 0.25) is 0 Å². The molecule has 1 heterocycles. The molecule has 2 nitrogen and oxygen atoms in total. The average molecular weight is 114 g/mol. The summed E-state index contributed by atoms with van der Waals surface area (Å²) in [5.74, 6) is 0.380. The molecule has 0 spiro atoms. The maximum atomic E-state index is 10.9. The second-order valence-corrected chi connectivity index (χ2v) is 2.91. The van der Waals surface area contributed by atoms with Crippen molar-refractivity contribution >= 4 is 5.91 Å². The first kappa shape index (κ1) is 5.76. The number of hydrogen-bond acceptors (Lipinski definition) is 1. The van der Waals surface area contributed by atoms with E-state index in [-0.39, 0.29) is 0 Å². The minimum Gasteiger partial charge on any atom is -0.265 e. The van der Waals surface area contributed by atoms with Crippen molar-refractivity contribution < 1.29 is 9.28 Å². The summed E-state index contributed by atoms with van der Waals surface area (Å²) in [6.45, 7) is 1.03. The number of hydrogen-bond donors (Lipinski definition) is 0. The fourth-order valence-corrected chi connectivity index (χ4v) is 1.05. The molecule has 0 unspecified atom stereocenters. The van der Waals surface area contributed by atoms with Crippen LogP contribution in [0.3, 0.4) is 0 Å². The predicted octanol–water partition coefficient (Wildman–Crippen LogP) is 0.383.